The van der Waals surface area contributed by atoms with E-state index in [1.54, 1.807) is 0 Å². The summed E-state index contributed by atoms with van der Waals surface area (Å²) in [7, 11) is 0. The molecule has 0 saturated heterocycles. The van der Waals surface area contributed by atoms with Crippen LogP contribution in [0.5, 0.6) is 0 Å². The zero-order valence-electron chi connectivity index (χ0n) is 5.64. The number of nitrogens with zero attached hydrogens (tertiary/aromatic N) is 2. The molecule has 0 unspecified atom stereocenters. The summed E-state index contributed by atoms with van der Waals surface area (Å²) in [4.78, 5) is 3.71. The summed E-state index contributed by atoms with van der Waals surface area (Å²) in [5.41, 5.74) is 2.76. The van der Waals surface area contributed by atoms with Crippen LogP contribution in [-0.2, 0) is 0 Å². The molecule has 0 aromatic carbocycles. The fourth-order valence-corrected chi connectivity index (χ4v) is 0.507. The van der Waals surface area contributed by atoms with E-state index in [9.17, 15) is 0 Å². The number of hydrogen-bond donors (Lipinski definition) is 1. The van der Waals surface area contributed by atoms with E-state index in [0.29, 0.717) is 0 Å². The Morgan fingerprint density at radius 2 is 2.00 bits per heavy atom. The fraction of sp³-hybridized carbons (Fsp3) is 0.667. The summed E-state index contributed by atoms with van der Waals surface area (Å²) in [6.07, 6.45) is 2.16. The minimum atomic E-state index is 0.846. The third kappa shape index (κ3) is 7.14. The van der Waals surface area contributed by atoms with Gasteiger partial charge in [-0.15, -0.1) is 0 Å². The van der Waals surface area contributed by atoms with Crippen molar-refractivity contribution in [1.29, 1.82) is 0 Å². The second kappa shape index (κ2) is 7.14. The highest BCUT2D eigenvalue weighted by Crippen LogP contribution is 1.85. The summed E-state index contributed by atoms with van der Waals surface area (Å²) < 4.78 is 0. The van der Waals surface area contributed by atoms with Crippen LogP contribution in [0.3, 0.4) is 0 Å². The lowest BCUT2D eigenvalue weighted by molar-refractivity contribution is 0.657. The first kappa shape index (κ1) is 8.14. The highest BCUT2D eigenvalue weighted by molar-refractivity contribution is 5.23. The predicted octanol–water partition coefficient (Wildman–Crippen LogP) is 0.672. The number of hydrazone groups is 1. The monoisotopic (exact) mass is 127 g/mol. The maximum Gasteiger partial charge on any atom is 0.0382 e. The summed E-state index contributed by atoms with van der Waals surface area (Å²) in [6.45, 7) is 8.39. The minimum Gasteiger partial charge on any atom is -0.311 e. The fourth-order valence-electron chi connectivity index (χ4n) is 0.507. The van der Waals surface area contributed by atoms with E-state index in [2.05, 4.69) is 29.0 Å². The van der Waals surface area contributed by atoms with Crippen LogP contribution in [0.2, 0.25) is 0 Å². The molecule has 1 N–H and O–H groups in total. The van der Waals surface area contributed by atoms with Crippen LogP contribution in [0, 0.1) is 0 Å². The molecule has 0 spiro atoms. The number of hydrogen-bond acceptors (Lipinski definition) is 3. The normalized spacial score (nSPS) is 8.44. The van der Waals surface area contributed by atoms with Gasteiger partial charge in [0.2, 0.25) is 0 Å². The molecule has 52 valence electrons. The molecule has 0 atom stereocenters. The van der Waals surface area contributed by atoms with E-state index < -0.39 is 0 Å². The van der Waals surface area contributed by atoms with Crippen molar-refractivity contribution in [2.45, 2.75) is 12.8 Å². The van der Waals surface area contributed by atoms with E-state index >= 15 is 0 Å². The van der Waals surface area contributed by atoms with Gasteiger partial charge in [0.05, 0.1) is 0 Å². The Balaban J connectivity index is 2.74. The second-order valence-corrected chi connectivity index (χ2v) is 1.72. The van der Waals surface area contributed by atoms with Gasteiger partial charge in [0, 0.05) is 19.8 Å². The minimum absolute atomic E-state index is 0.846. The van der Waals surface area contributed by atoms with Crippen molar-refractivity contribution < 1.29 is 0 Å². The van der Waals surface area contributed by atoms with Gasteiger partial charge in [-0.3, -0.25) is 0 Å². The highest BCUT2D eigenvalue weighted by atomic mass is 15.3. The third-order valence-electron chi connectivity index (χ3n) is 0.967. The molecule has 0 aliphatic heterocycles. The molecular weight excluding hydrogens is 114 g/mol. The Kier molecular flexibility index (Phi) is 6.46. The summed E-state index contributed by atoms with van der Waals surface area (Å²) >= 11 is 0. The lowest BCUT2D eigenvalue weighted by Crippen LogP contribution is -2.06. The van der Waals surface area contributed by atoms with Gasteiger partial charge in [-0.1, -0.05) is 0 Å². The van der Waals surface area contributed by atoms with Crippen LogP contribution >= 0.6 is 0 Å². The Morgan fingerprint density at radius 3 is 2.56 bits per heavy atom. The van der Waals surface area contributed by atoms with E-state index in [-0.39, 0.29) is 0 Å². The molecule has 0 aliphatic rings. The number of unbranched alkanes of at least 4 members (excludes halogenated alkanes) is 1. The average molecular weight is 127 g/mol. The first-order chi connectivity index (χ1) is 4.41. The maximum atomic E-state index is 3.71. The number of aliphatic imine (C=N–C) groups is 1. The molecule has 0 saturated carbocycles. The molecule has 0 aromatic heterocycles. The van der Waals surface area contributed by atoms with Crippen molar-refractivity contribution in [3.8, 4) is 0 Å². The Labute approximate surface area is 55.9 Å². The zero-order chi connectivity index (χ0) is 6.95. The summed E-state index contributed by atoms with van der Waals surface area (Å²) in [6, 6.07) is 0. The lowest BCUT2D eigenvalue weighted by Gasteiger charge is -1.95. The van der Waals surface area contributed by atoms with Gasteiger partial charge < -0.3 is 10.4 Å². The molecule has 0 radical (unpaired) electrons. The second-order valence-electron chi connectivity index (χ2n) is 1.72. The van der Waals surface area contributed by atoms with Crippen molar-refractivity contribution >= 4 is 13.4 Å². The molecule has 0 fully saturated rings. The number of rotatable bonds is 6. The Morgan fingerprint density at radius 1 is 1.22 bits per heavy atom. The van der Waals surface area contributed by atoms with E-state index in [4.69, 9.17) is 0 Å². The average Bonchev–Trinajstić information content (AvgIpc) is 1.89. The van der Waals surface area contributed by atoms with Gasteiger partial charge in [-0.25, -0.2) is 0 Å². The summed E-state index contributed by atoms with van der Waals surface area (Å²) in [5.74, 6) is 0. The van der Waals surface area contributed by atoms with Crippen LogP contribution in [-0.4, -0.2) is 26.5 Å². The quantitative estimate of drug-likeness (QED) is 0.318. The highest BCUT2D eigenvalue weighted by Gasteiger charge is 1.82. The molecule has 3 heteroatoms. The molecule has 3 nitrogen and oxygen atoms in total. The van der Waals surface area contributed by atoms with E-state index in [1.807, 2.05) is 0 Å². The SMILES string of the molecule is C=NCCCCNN=C. The van der Waals surface area contributed by atoms with Crippen LogP contribution in [0.15, 0.2) is 10.1 Å². The lowest BCUT2D eigenvalue weighted by atomic mass is 10.3. The molecular formula is C6H13N3. The molecule has 0 aromatic rings. The summed E-state index contributed by atoms with van der Waals surface area (Å²) in [5, 5.41) is 3.49. The van der Waals surface area contributed by atoms with Gasteiger partial charge in [-0.05, 0) is 19.6 Å². The Hall–Kier alpha value is -0.860. The smallest absolute Gasteiger partial charge is 0.0382 e. The third-order valence-corrected chi connectivity index (χ3v) is 0.967. The van der Waals surface area contributed by atoms with Gasteiger partial charge >= 0.3 is 0 Å². The van der Waals surface area contributed by atoms with Crippen molar-refractivity contribution in [3.63, 3.8) is 0 Å². The molecule has 0 aliphatic carbocycles. The van der Waals surface area contributed by atoms with Gasteiger partial charge in [0.15, 0.2) is 0 Å². The molecule has 9 heavy (non-hydrogen) atoms. The van der Waals surface area contributed by atoms with E-state index in [0.717, 1.165) is 25.9 Å². The molecule has 0 rings (SSSR count). The van der Waals surface area contributed by atoms with Gasteiger partial charge in [0.1, 0.15) is 0 Å². The molecule has 0 amide bonds. The van der Waals surface area contributed by atoms with Crippen LogP contribution in [0.4, 0.5) is 0 Å². The van der Waals surface area contributed by atoms with Crippen LogP contribution in [0.25, 0.3) is 0 Å². The van der Waals surface area contributed by atoms with Gasteiger partial charge in [-0.2, -0.15) is 5.10 Å². The Bertz CT molecular complexity index is 70.4. The first-order valence-electron chi connectivity index (χ1n) is 3.03. The van der Waals surface area contributed by atoms with E-state index in [1.165, 1.54) is 0 Å². The van der Waals surface area contributed by atoms with Crippen molar-refractivity contribution in [1.82, 2.24) is 5.43 Å². The van der Waals surface area contributed by atoms with Crippen molar-refractivity contribution in [2.24, 2.45) is 10.1 Å². The van der Waals surface area contributed by atoms with Crippen LogP contribution < -0.4 is 5.43 Å². The topological polar surface area (TPSA) is 36.8 Å². The predicted molar refractivity (Wildman–Crippen MR) is 41.2 cm³/mol. The zero-order valence-corrected chi connectivity index (χ0v) is 5.64. The van der Waals surface area contributed by atoms with Crippen molar-refractivity contribution in [2.75, 3.05) is 13.1 Å². The maximum absolute atomic E-state index is 3.71. The number of nitrogens with one attached hydrogen (secondary N) is 1. The largest absolute Gasteiger partial charge is 0.311 e. The molecule has 0 heterocycles. The van der Waals surface area contributed by atoms with Crippen LogP contribution in [0.1, 0.15) is 12.8 Å². The molecule has 0 bridgehead atoms. The standard InChI is InChI=1S/C6H13N3/c1-7-5-3-4-6-9-8-2/h9H,1-6H2. The first-order valence-corrected chi connectivity index (χ1v) is 3.03. The van der Waals surface area contributed by atoms with Crippen molar-refractivity contribution in [3.05, 3.63) is 0 Å². The van der Waals surface area contributed by atoms with Gasteiger partial charge in [0.25, 0.3) is 0 Å².